The molecule has 4 rings (SSSR count). The number of benzene rings is 3. The molecule has 0 saturated carbocycles. The lowest BCUT2D eigenvalue weighted by Crippen LogP contribution is -2.50. The van der Waals surface area contributed by atoms with E-state index >= 15 is 0 Å². The van der Waals surface area contributed by atoms with Gasteiger partial charge in [0.15, 0.2) is 6.61 Å². The minimum absolute atomic E-state index is 0.0313. The highest BCUT2D eigenvalue weighted by Gasteiger charge is 2.22. The molecule has 8 nitrogen and oxygen atoms in total. The SMILES string of the molecule is O=C(COc1ccc(Oc2ccccc2)cc1)N1CCN(c2ccc([N+](=O)[O-])cc2)CC1. The van der Waals surface area contributed by atoms with Crippen LogP contribution in [0.25, 0.3) is 0 Å². The second-order valence-electron chi connectivity index (χ2n) is 7.32. The predicted octanol–water partition coefficient (Wildman–Crippen LogP) is 4.11. The summed E-state index contributed by atoms with van der Waals surface area (Å²) in [6.45, 7) is 2.44. The number of rotatable bonds is 7. The summed E-state index contributed by atoms with van der Waals surface area (Å²) in [4.78, 5) is 26.8. The van der Waals surface area contributed by atoms with E-state index in [9.17, 15) is 14.9 Å². The van der Waals surface area contributed by atoms with E-state index in [1.165, 1.54) is 12.1 Å². The van der Waals surface area contributed by atoms with Gasteiger partial charge in [-0.1, -0.05) is 18.2 Å². The number of nitro benzene ring substituents is 1. The first kappa shape index (κ1) is 21.2. The Morgan fingerprint density at radius 1 is 0.812 bits per heavy atom. The summed E-state index contributed by atoms with van der Waals surface area (Å²) < 4.78 is 11.4. The van der Waals surface area contributed by atoms with Crippen LogP contribution in [-0.4, -0.2) is 48.5 Å². The highest BCUT2D eigenvalue weighted by atomic mass is 16.6. The van der Waals surface area contributed by atoms with Crippen LogP contribution in [-0.2, 0) is 4.79 Å². The molecule has 0 bridgehead atoms. The Morgan fingerprint density at radius 3 is 2.03 bits per heavy atom. The summed E-state index contributed by atoms with van der Waals surface area (Å²) in [5.41, 5.74) is 0.983. The number of ether oxygens (including phenoxy) is 2. The first-order valence-corrected chi connectivity index (χ1v) is 10.3. The Bertz CT molecular complexity index is 1050. The molecular weight excluding hydrogens is 410 g/mol. The maximum absolute atomic E-state index is 12.5. The van der Waals surface area contributed by atoms with Gasteiger partial charge in [0.25, 0.3) is 11.6 Å². The van der Waals surface area contributed by atoms with Crippen molar-refractivity contribution in [1.29, 1.82) is 0 Å². The van der Waals surface area contributed by atoms with Crippen LogP contribution in [0.15, 0.2) is 78.9 Å². The van der Waals surface area contributed by atoms with E-state index in [2.05, 4.69) is 4.90 Å². The zero-order valence-corrected chi connectivity index (χ0v) is 17.4. The number of hydrogen-bond acceptors (Lipinski definition) is 6. The molecule has 1 heterocycles. The fraction of sp³-hybridized carbons (Fsp3) is 0.208. The minimum Gasteiger partial charge on any atom is -0.484 e. The average Bonchev–Trinajstić information content (AvgIpc) is 2.84. The standard InChI is InChI=1S/C24H23N3O5/c28-24(18-31-21-10-12-23(13-11-21)32-22-4-2-1-3-5-22)26-16-14-25(15-17-26)19-6-8-20(9-7-19)27(29)30/h1-13H,14-18H2. The highest BCUT2D eigenvalue weighted by molar-refractivity contribution is 5.78. The van der Waals surface area contributed by atoms with Crippen molar-refractivity contribution in [2.24, 2.45) is 0 Å². The largest absolute Gasteiger partial charge is 0.484 e. The molecule has 1 saturated heterocycles. The average molecular weight is 433 g/mol. The van der Waals surface area contributed by atoms with Crippen molar-refractivity contribution in [2.75, 3.05) is 37.7 Å². The fourth-order valence-electron chi connectivity index (χ4n) is 3.46. The zero-order valence-electron chi connectivity index (χ0n) is 17.4. The van der Waals surface area contributed by atoms with Gasteiger partial charge in [0, 0.05) is 44.0 Å². The number of nitrogens with zero attached hydrogens (tertiary/aromatic N) is 3. The summed E-state index contributed by atoms with van der Waals surface area (Å²) in [5.74, 6) is 1.97. The van der Waals surface area contributed by atoms with Crippen LogP contribution in [0.3, 0.4) is 0 Å². The van der Waals surface area contributed by atoms with Crippen molar-refractivity contribution < 1.29 is 19.2 Å². The lowest BCUT2D eigenvalue weighted by molar-refractivity contribution is -0.384. The minimum atomic E-state index is -0.412. The third-order valence-corrected chi connectivity index (χ3v) is 5.22. The first-order valence-electron chi connectivity index (χ1n) is 10.3. The molecule has 3 aromatic rings. The highest BCUT2D eigenvalue weighted by Crippen LogP contribution is 2.24. The normalized spacial score (nSPS) is 13.5. The van der Waals surface area contributed by atoms with Gasteiger partial charge in [-0.15, -0.1) is 0 Å². The Kier molecular flexibility index (Phi) is 6.50. The van der Waals surface area contributed by atoms with E-state index < -0.39 is 4.92 Å². The van der Waals surface area contributed by atoms with E-state index in [1.54, 1.807) is 41.3 Å². The topological polar surface area (TPSA) is 85.2 Å². The number of carbonyl (C=O) groups is 1. The maximum atomic E-state index is 12.5. The van der Waals surface area contributed by atoms with Gasteiger partial charge in [-0.2, -0.15) is 0 Å². The summed E-state index contributed by atoms with van der Waals surface area (Å²) in [6.07, 6.45) is 0. The number of nitro groups is 1. The summed E-state index contributed by atoms with van der Waals surface area (Å²) in [6, 6.07) is 23.1. The fourth-order valence-corrected chi connectivity index (χ4v) is 3.46. The van der Waals surface area contributed by atoms with E-state index in [4.69, 9.17) is 9.47 Å². The van der Waals surface area contributed by atoms with Crippen LogP contribution in [0.5, 0.6) is 17.2 Å². The van der Waals surface area contributed by atoms with E-state index in [1.807, 2.05) is 30.3 Å². The number of non-ortho nitro benzene ring substituents is 1. The van der Waals surface area contributed by atoms with Gasteiger partial charge >= 0.3 is 0 Å². The molecule has 32 heavy (non-hydrogen) atoms. The quantitative estimate of drug-likeness (QED) is 0.412. The summed E-state index contributed by atoms with van der Waals surface area (Å²) in [5, 5.41) is 10.8. The monoisotopic (exact) mass is 433 g/mol. The van der Waals surface area contributed by atoms with Crippen LogP contribution < -0.4 is 14.4 Å². The van der Waals surface area contributed by atoms with Gasteiger partial charge in [-0.3, -0.25) is 14.9 Å². The van der Waals surface area contributed by atoms with Crippen molar-refractivity contribution in [3.63, 3.8) is 0 Å². The molecule has 0 unspecified atom stereocenters. The van der Waals surface area contributed by atoms with Crippen LogP contribution in [0, 0.1) is 10.1 Å². The zero-order chi connectivity index (χ0) is 22.3. The molecule has 164 valence electrons. The Balaban J connectivity index is 1.23. The number of piperazine rings is 1. The molecule has 1 fully saturated rings. The molecule has 1 aliphatic heterocycles. The van der Waals surface area contributed by atoms with Gasteiger partial charge < -0.3 is 19.3 Å². The lowest BCUT2D eigenvalue weighted by atomic mass is 10.2. The maximum Gasteiger partial charge on any atom is 0.269 e. The third kappa shape index (κ3) is 5.34. The van der Waals surface area contributed by atoms with E-state index in [-0.39, 0.29) is 18.2 Å². The van der Waals surface area contributed by atoms with Crippen molar-refractivity contribution in [3.05, 3.63) is 89.0 Å². The number of hydrogen-bond donors (Lipinski definition) is 0. The summed E-state index contributed by atoms with van der Waals surface area (Å²) in [7, 11) is 0. The molecule has 1 amide bonds. The number of anilines is 1. The van der Waals surface area contributed by atoms with Crippen molar-refractivity contribution >= 4 is 17.3 Å². The third-order valence-electron chi connectivity index (χ3n) is 5.22. The van der Waals surface area contributed by atoms with Gasteiger partial charge in [0.1, 0.15) is 17.2 Å². The Labute approximate surface area is 185 Å². The molecule has 1 aliphatic rings. The molecule has 0 aliphatic carbocycles. The lowest BCUT2D eigenvalue weighted by Gasteiger charge is -2.36. The van der Waals surface area contributed by atoms with Crippen LogP contribution in [0.4, 0.5) is 11.4 Å². The van der Waals surface area contributed by atoms with Gasteiger partial charge in [-0.25, -0.2) is 0 Å². The molecule has 0 spiro atoms. The van der Waals surface area contributed by atoms with Gasteiger partial charge in [0.2, 0.25) is 0 Å². The molecule has 0 atom stereocenters. The molecule has 0 N–H and O–H groups in total. The van der Waals surface area contributed by atoms with E-state index in [0.29, 0.717) is 37.7 Å². The number of amides is 1. The molecule has 0 radical (unpaired) electrons. The van der Waals surface area contributed by atoms with Crippen molar-refractivity contribution in [3.8, 4) is 17.2 Å². The predicted molar refractivity (Wildman–Crippen MR) is 120 cm³/mol. The summed E-state index contributed by atoms with van der Waals surface area (Å²) >= 11 is 0. The van der Waals surface area contributed by atoms with E-state index in [0.717, 1.165) is 11.4 Å². The molecule has 0 aromatic heterocycles. The van der Waals surface area contributed by atoms with Crippen LogP contribution in [0.2, 0.25) is 0 Å². The number of carbonyl (C=O) groups excluding carboxylic acids is 1. The van der Waals surface area contributed by atoms with Gasteiger partial charge in [0.05, 0.1) is 4.92 Å². The second-order valence-corrected chi connectivity index (χ2v) is 7.32. The van der Waals surface area contributed by atoms with Crippen LogP contribution in [0.1, 0.15) is 0 Å². The second kappa shape index (κ2) is 9.82. The number of para-hydroxylation sites is 1. The van der Waals surface area contributed by atoms with Gasteiger partial charge in [-0.05, 0) is 48.5 Å². The van der Waals surface area contributed by atoms with Crippen LogP contribution >= 0.6 is 0 Å². The first-order chi connectivity index (χ1) is 15.6. The molecule has 3 aromatic carbocycles. The van der Waals surface area contributed by atoms with Crippen molar-refractivity contribution in [1.82, 2.24) is 4.90 Å². The van der Waals surface area contributed by atoms with Crippen molar-refractivity contribution in [2.45, 2.75) is 0 Å². The Hall–Kier alpha value is -4.07. The molecule has 8 heteroatoms. The Morgan fingerprint density at radius 2 is 1.41 bits per heavy atom. The molecular formula is C24H23N3O5. The smallest absolute Gasteiger partial charge is 0.269 e.